The standard InChI is InChI=1S/C23H20N2O/c26-23(20-14-16-11-12-19(20)13-16)25-22(18-9-5-2-6-10-18)15-21(24-25)17-7-3-1-4-8-17/h1-12,15-16,19-20H,13-14H2/t16-,19-,20+/m0/s1. The molecule has 2 aromatic carbocycles. The van der Waals surface area contributed by atoms with E-state index in [1.165, 1.54) is 0 Å². The fraction of sp³-hybridized carbons (Fsp3) is 0.217. The predicted octanol–water partition coefficient (Wildman–Crippen LogP) is 5.07. The quantitative estimate of drug-likeness (QED) is 0.624. The minimum Gasteiger partial charge on any atom is -0.272 e. The summed E-state index contributed by atoms with van der Waals surface area (Å²) in [6, 6.07) is 22.2. The van der Waals surface area contributed by atoms with E-state index in [2.05, 4.69) is 12.2 Å². The molecule has 2 bridgehead atoms. The summed E-state index contributed by atoms with van der Waals surface area (Å²) in [5.41, 5.74) is 3.77. The Labute approximate surface area is 153 Å². The van der Waals surface area contributed by atoms with Gasteiger partial charge in [0.05, 0.1) is 11.4 Å². The van der Waals surface area contributed by atoms with Gasteiger partial charge >= 0.3 is 0 Å². The molecule has 0 N–H and O–H groups in total. The molecular formula is C23H20N2O. The Morgan fingerprint density at radius 3 is 2.19 bits per heavy atom. The number of aromatic nitrogens is 2. The van der Waals surface area contributed by atoms with E-state index in [9.17, 15) is 4.79 Å². The molecule has 26 heavy (non-hydrogen) atoms. The number of fused-ring (bicyclic) bond motifs is 2. The highest BCUT2D eigenvalue weighted by molar-refractivity contribution is 5.87. The van der Waals surface area contributed by atoms with Crippen LogP contribution >= 0.6 is 0 Å². The Balaban J connectivity index is 1.60. The predicted molar refractivity (Wildman–Crippen MR) is 103 cm³/mol. The van der Waals surface area contributed by atoms with E-state index < -0.39 is 0 Å². The summed E-state index contributed by atoms with van der Waals surface area (Å²) in [5.74, 6) is 1.12. The Morgan fingerprint density at radius 2 is 1.58 bits per heavy atom. The second-order valence-electron chi connectivity index (χ2n) is 7.28. The smallest absolute Gasteiger partial charge is 0.251 e. The molecule has 0 amide bonds. The molecular weight excluding hydrogens is 320 g/mol. The molecule has 5 rings (SSSR count). The van der Waals surface area contributed by atoms with Crippen LogP contribution in [-0.2, 0) is 0 Å². The highest BCUT2D eigenvalue weighted by Gasteiger charge is 2.41. The minimum absolute atomic E-state index is 0.0518. The van der Waals surface area contributed by atoms with Gasteiger partial charge in [0, 0.05) is 17.0 Å². The summed E-state index contributed by atoms with van der Waals surface area (Å²) in [5, 5.41) is 4.73. The van der Waals surface area contributed by atoms with Crippen LogP contribution in [0.2, 0.25) is 0 Å². The molecule has 2 aliphatic rings. The summed E-state index contributed by atoms with van der Waals surface area (Å²) < 4.78 is 1.65. The van der Waals surface area contributed by atoms with Gasteiger partial charge in [-0.05, 0) is 30.7 Å². The monoisotopic (exact) mass is 340 g/mol. The van der Waals surface area contributed by atoms with Gasteiger partial charge in [-0.15, -0.1) is 0 Å². The lowest BCUT2D eigenvalue weighted by molar-refractivity contribution is 0.0799. The molecule has 3 atom stereocenters. The highest BCUT2D eigenvalue weighted by atomic mass is 16.2. The zero-order chi connectivity index (χ0) is 17.5. The molecule has 3 aromatic rings. The number of nitrogens with zero attached hydrogens (tertiary/aromatic N) is 2. The van der Waals surface area contributed by atoms with Gasteiger partial charge in [-0.3, -0.25) is 4.79 Å². The lowest BCUT2D eigenvalue weighted by Crippen LogP contribution is -2.26. The Kier molecular flexibility index (Phi) is 3.59. The van der Waals surface area contributed by atoms with E-state index >= 15 is 0 Å². The molecule has 1 aromatic heterocycles. The summed E-state index contributed by atoms with van der Waals surface area (Å²) >= 11 is 0. The topological polar surface area (TPSA) is 34.9 Å². The van der Waals surface area contributed by atoms with Crippen LogP contribution in [0.5, 0.6) is 0 Å². The van der Waals surface area contributed by atoms with Gasteiger partial charge in [0.15, 0.2) is 0 Å². The van der Waals surface area contributed by atoms with Gasteiger partial charge in [0.25, 0.3) is 5.91 Å². The molecule has 1 saturated carbocycles. The fourth-order valence-corrected chi connectivity index (χ4v) is 4.34. The first-order valence-corrected chi connectivity index (χ1v) is 9.23. The molecule has 3 heteroatoms. The van der Waals surface area contributed by atoms with Crippen molar-refractivity contribution in [3.63, 3.8) is 0 Å². The van der Waals surface area contributed by atoms with Crippen LogP contribution in [-0.4, -0.2) is 15.7 Å². The summed E-state index contributed by atoms with van der Waals surface area (Å²) in [6.07, 6.45) is 6.56. The first kappa shape index (κ1) is 15.3. The van der Waals surface area contributed by atoms with Gasteiger partial charge < -0.3 is 0 Å². The summed E-state index contributed by atoms with van der Waals surface area (Å²) in [7, 11) is 0. The number of hydrogen-bond acceptors (Lipinski definition) is 2. The molecule has 0 unspecified atom stereocenters. The van der Waals surface area contributed by atoms with Crippen molar-refractivity contribution in [2.45, 2.75) is 12.8 Å². The van der Waals surface area contributed by atoms with E-state index in [0.29, 0.717) is 11.8 Å². The van der Waals surface area contributed by atoms with Gasteiger partial charge in [0.1, 0.15) is 0 Å². The highest BCUT2D eigenvalue weighted by Crippen LogP contribution is 2.44. The van der Waals surface area contributed by atoms with E-state index in [0.717, 1.165) is 35.4 Å². The largest absolute Gasteiger partial charge is 0.272 e. The van der Waals surface area contributed by atoms with Crippen molar-refractivity contribution in [3.8, 4) is 22.5 Å². The van der Waals surface area contributed by atoms with Crippen LogP contribution in [0.1, 0.15) is 17.6 Å². The van der Waals surface area contributed by atoms with E-state index in [1.54, 1.807) is 4.68 Å². The van der Waals surface area contributed by atoms with Crippen LogP contribution < -0.4 is 0 Å². The van der Waals surface area contributed by atoms with Crippen LogP contribution in [0.3, 0.4) is 0 Å². The van der Waals surface area contributed by atoms with Crippen molar-refractivity contribution >= 4 is 5.91 Å². The van der Waals surface area contributed by atoms with Gasteiger partial charge in [-0.25, -0.2) is 0 Å². The van der Waals surface area contributed by atoms with E-state index in [-0.39, 0.29) is 11.8 Å². The summed E-state index contributed by atoms with van der Waals surface area (Å²) in [4.78, 5) is 13.3. The van der Waals surface area contributed by atoms with Crippen molar-refractivity contribution in [3.05, 3.63) is 78.9 Å². The maximum Gasteiger partial charge on any atom is 0.251 e. The molecule has 0 aliphatic heterocycles. The average Bonchev–Trinajstić information content (AvgIpc) is 3.44. The first-order chi connectivity index (χ1) is 12.8. The van der Waals surface area contributed by atoms with Gasteiger partial charge in [-0.1, -0.05) is 72.8 Å². The van der Waals surface area contributed by atoms with Crippen molar-refractivity contribution in [2.75, 3.05) is 0 Å². The molecule has 0 spiro atoms. The third-order valence-corrected chi connectivity index (χ3v) is 5.65. The lowest BCUT2D eigenvalue weighted by atomic mass is 9.93. The normalized spacial score (nSPS) is 23.5. The number of carbonyl (C=O) groups excluding carboxylic acids is 1. The average molecular weight is 340 g/mol. The molecule has 2 aliphatic carbocycles. The van der Waals surface area contributed by atoms with Crippen LogP contribution in [0.15, 0.2) is 78.9 Å². The first-order valence-electron chi connectivity index (χ1n) is 9.23. The number of rotatable bonds is 3. The molecule has 128 valence electrons. The minimum atomic E-state index is 0.0518. The molecule has 1 heterocycles. The zero-order valence-electron chi connectivity index (χ0n) is 14.5. The van der Waals surface area contributed by atoms with Gasteiger partial charge in [0.2, 0.25) is 0 Å². The SMILES string of the molecule is O=C([C@@H]1C[C@H]2C=C[C@H]1C2)n1nc(-c2ccccc2)cc1-c1ccccc1. The van der Waals surface area contributed by atoms with E-state index in [4.69, 9.17) is 5.10 Å². The second-order valence-corrected chi connectivity index (χ2v) is 7.28. The maximum absolute atomic E-state index is 13.3. The Hall–Kier alpha value is -2.94. The molecule has 0 radical (unpaired) electrons. The second kappa shape index (κ2) is 6.10. The number of hydrogen-bond donors (Lipinski definition) is 0. The number of allylic oxidation sites excluding steroid dienone is 2. The third-order valence-electron chi connectivity index (χ3n) is 5.65. The molecule has 3 nitrogen and oxygen atoms in total. The Bertz CT molecular complexity index is 972. The number of benzene rings is 2. The molecule has 1 fully saturated rings. The van der Waals surface area contributed by atoms with Crippen molar-refractivity contribution in [2.24, 2.45) is 17.8 Å². The molecule has 0 saturated heterocycles. The number of carbonyl (C=O) groups is 1. The zero-order valence-corrected chi connectivity index (χ0v) is 14.5. The maximum atomic E-state index is 13.3. The Morgan fingerprint density at radius 1 is 0.885 bits per heavy atom. The van der Waals surface area contributed by atoms with Crippen molar-refractivity contribution < 1.29 is 4.79 Å². The van der Waals surface area contributed by atoms with Crippen LogP contribution in [0, 0.1) is 17.8 Å². The van der Waals surface area contributed by atoms with Crippen molar-refractivity contribution in [1.82, 2.24) is 9.78 Å². The third kappa shape index (κ3) is 2.51. The van der Waals surface area contributed by atoms with E-state index in [1.807, 2.05) is 66.7 Å². The van der Waals surface area contributed by atoms with Gasteiger partial charge in [-0.2, -0.15) is 9.78 Å². The van der Waals surface area contributed by atoms with Crippen LogP contribution in [0.25, 0.3) is 22.5 Å². The van der Waals surface area contributed by atoms with Crippen LogP contribution in [0.4, 0.5) is 0 Å². The van der Waals surface area contributed by atoms with Crippen molar-refractivity contribution in [1.29, 1.82) is 0 Å². The summed E-state index contributed by atoms with van der Waals surface area (Å²) in [6.45, 7) is 0. The lowest BCUT2D eigenvalue weighted by Gasteiger charge is -2.17. The fourth-order valence-electron chi connectivity index (χ4n) is 4.34.